The monoisotopic (exact) mass is 206 g/mol. The van der Waals surface area contributed by atoms with Crippen LogP contribution in [0.4, 0.5) is 0 Å². The van der Waals surface area contributed by atoms with Crippen molar-refractivity contribution < 1.29 is 4.79 Å². The minimum absolute atomic E-state index is 0.0411. The van der Waals surface area contributed by atoms with E-state index in [1.54, 1.807) is 25.1 Å². The van der Waals surface area contributed by atoms with E-state index in [1.807, 2.05) is 12.1 Å². The molecule has 3 heteroatoms. The predicted octanol–water partition coefficient (Wildman–Crippen LogP) is 1.98. The molecule has 0 atom stereocenters. The van der Waals surface area contributed by atoms with Crippen LogP contribution >= 0.6 is 0 Å². The van der Waals surface area contributed by atoms with Crippen LogP contribution in [0.1, 0.15) is 30.0 Å². The van der Waals surface area contributed by atoms with E-state index in [-0.39, 0.29) is 5.91 Å². The van der Waals surface area contributed by atoms with Gasteiger partial charge < -0.3 is 4.90 Å². The third kappa shape index (κ3) is 3.35. The summed E-state index contributed by atoms with van der Waals surface area (Å²) in [4.78, 5) is 17.5. The molecule has 1 heterocycles. The van der Waals surface area contributed by atoms with Crippen LogP contribution in [0, 0.1) is 5.92 Å². The molecule has 1 aromatic heterocycles. The smallest absolute Gasteiger partial charge is 0.271 e. The summed E-state index contributed by atoms with van der Waals surface area (Å²) in [5, 5.41) is 0. The molecule has 0 unspecified atom stereocenters. The van der Waals surface area contributed by atoms with E-state index in [0.717, 1.165) is 12.1 Å². The summed E-state index contributed by atoms with van der Waals surface area (Å²) >= 11 is 0. The number of hydrogen-bond acceptors (Lipinski definition) is 2. The van der Waals surface area contributed by atoms with E-state index in [2.05, 4.69) is 18.8 Å². The van der Waals surface area contributed by atoms with Gasteiger partial charge in [-0.15, -0.1) is 0 Å². The van der Waals surface area contributed by atoms with Gasteiger partial charge in [0.1, 0.15) is 5.69 Å². The molecule has 0 aliphatic rings. The average Bonchev–Trinajstić information content (AvgIpc) is 2.16. The van der Waals surface area contributed by atoms with Gasteiger partial charge in [-0.2, -0.15) is 0 Å². The molecular weight excluding hydrogens is 188 g/mol. The molecule has 1 aromatic rings. The minimum Gasteiger partial charge on any atom is -0.343 e. The first kappa shape index (κ1) is 11.7. The highest BCUT2D eigenvalue weighted by Crippen LogP contribution is 2.07. The predicted molar refractivity (Wildman–Crippen MR) is 60.8 cm³/mol. The molecule has 0 aliphatic heterocycles. The van der Waals surface area contributed by atoms with E-state index in [1.165, 1.54) is 0 Å². The molecular formula is C12H18N2O. The molecule has 15 heavy (non-hydrogen) atoms. The maximum Gasteiger partial charge on any atom is 0.271 e. The van der Waals surface area contributed by atoms with E-state index in [9.17, 15) is 4.79 Å². The zero-order valence-electron chi connectivity index (χ0n) is 9.82. The fourth-order valence-corrected chi connectivity index (χ4v) is 1.36. The SMILES string of the molecule is CC(C)Cc1cccc(C(=O)N(C)C)n1. The molecule has 0 saturated heterocycles. The lowest BCUT2D eigenvalue weighted by Gasteiger charge is -2.10. The lowest BCUT2D eigenvalue weighted by atomic mass is 10.1. The third-order valence-electron chi connectivity index (χ3n) is 2.05. The van der Waals surface area contributed by atoms with Crippen molar-refractivity contribution in [2.45, 2.75) is 20.3 Å². The molecule has 1 amide bonds. The molecule has 0 aliphatic carbocycles. The molecule has 1 rings (SSSR count). The number of pyridine rings is 1. The zero-order chi connectivity index (χ0) is 11.4. The van der Waals surface area contributed by atoms with Crippen LogP contribution in [0.25, 0.3) is 0 Å². The Balaban J connectivity index is 2.87. The van der Waals surface area contributed by atoms with Gasteiger partial charge in [-0.3, -0.25) is 4.79 Å². The standard InChI is InChI=1S/C12H18N2O/c1-9(2)8-10-6-5-7-11(13-10)12(15)14(3)4/h5-7,9H,8H2,1-4H3. The summed E-state index contributed by atoms with van der Waals surface area (Å²) in [5.41, 5.74) is 1.51. The first-order valence-electron chi connectivity index (χ1n) is 5.18. The Morgan fingerprint density at radius 2 is 2.07 bits per heavy atom. The van der Waals surface area contributed by atoms with Crippen LogP contribution in [-0.2, 0) is 6.42 Å². The zero-order valence-corrected chi connectivity index (χ0v) is 9.82. The first-order chi connectivity index (χ1) is 7.00. The van der Waals surface area contributed by atoms with Gasteiger partial charge in [0.15, 0.2) is 0 Å². The van der Waals surface area contributed by atoms with Crippen molar-refractivity contribution in [1.29, 1.82) is 0 Å². The Morgan fingerprint density at radius 3 is 2.60 bits per heavy atom. The lowest BCUT2D eigenvalue weighted by molar-refractivity contribution is 0.0821. The molecule has 3 nitrogen and oxygen atoms in total. The van der Waals surface area contributed by atoms with Gasteiger partial charge >= 0.3 is 0 Å². The highest BCUT2D eigenvalue weighted by Gasteiger charge is 2.10. The molecule has 82 valence electrons. The molecule has 0 saturated carbocycles. The molecule has 0 radical (unpaired) electrons. The summed E-state index contributed by atoms with van der Waals surface area (Å²) in [5.74, 6) is 0.516. The van der Waals surface area contributed by atoms with Crippen LogP contribution in [0.5, 0.6) is 0 Å². The summed E-state index contributed by atoms with van der Waals surface area (Å²) < 4.78 is 0. The Labute approximate surface area is 91.1 Å². The quantitative estimate of drug-likeness (QED) is 0.757. The topological polar surface area (TPSA) is 33.2 Å². The second-order valence-corrected chi connectivity index (χ2v) is 4.31. The van der Waals surface area contributed by atoms with E-state index in [4.69, 9.17) is 0 Å². The van der Waals surface area contributed by atoms with E-state index < -0.39 is 0 Å². The fraction of sp³-hybridized carbons (Fsp3) is 0.500. The number of carbonyl (C=O) groups excluding carboxylic acids is 1. The number of aromatic nitrogens is 1. The highest BCUT2D eigenvalue weighted by atomic mass is 16.2. The van der Waals surface area contributed by atoms with Crippen LogP contribution in [0.2, 0.25) is 0 Å². The van der Waals surface area contributed by atoms with Gasteiger partial charge in [0.2, 0.25) is 0 Å². The number of nitrogens with zero attached hydrogens (tertiary/aromatic N) is 2. The van der Waals surface area contributed by atoms with Crippen molar-refractivity contribution in [2.24, 2.45) is 5.92 Å². The lowest BCUT2D eigenvalue weighted by Crippen LogP contribution is -2.23. The summed E-state index contributed by atoms with van der Waals surface area (Å²) in [6, 6.07) is 5.61. The van der Waals surface area contributed by atoms with Crippen LogP contribution in [0.3, 0.4) is 0 Å². The molecule has 0 bridgehead atoms. The maximum atomic E-state index is 11.6. The molecule has 0 aromatic carbocycles. The summed E-state index contributed by atoms with van der Waals surface area (Å²) in [7, 11) is 3.47. The largest absolute Gasteiger partial charge is 0.343 e. The normalized spacial score (nSPS) is 10.5. The van der Waals surface area contributed by atoms with Crippen molar-refractivity contribution in [3.8, 4) is 0 Å². The van der Waals surface area contributed by atoms with Crippen LogP contribution < -0.4 is 0 Å². The Morgan fingerprint density at radius 1 is 1.40 bits per heavy atom. The number of rotatable bonds is 3. The second kappa shape index (κ2) is 4.91. The maximum absolute atomic E-state index is 11.6. The van der Waals surface area contributed by atoms with Gasteiger partial charge in [-0.05, 0) is 24.5 Å². The van der Waals surface area contributed by atoms with Crippen LogP contribution in [-0.4, -0.2) is 29.9 Å². The molecule has 0 N–H and O–H groups in total. The average molecular weight is 206 g/mol. The Kier molecular flexibility index (Phi) is 3.83. The van der Waals surface area contributed by atoms with Gasteiger partial charge in [0, 0.05) is 19.8 Å². The number of amides is 1. The number of carbonyl (C=O) groups is 1. The second-order valence-electron chi connectivity index (χ2n) is 4.31. The molecule has 0 fully saturated rings. The van der Waals surface area contributed by atoms with Crippen molar-refractivity contribution >= 4 is 5.91 Å². The molecule has 0 spiro atoms. The van der Waals surface area contributed by atoms with Crippen molar-refractivity contribution in [3.63, 3.8) is 0 Å². The van der Waals surface area contributed by atoms with Crippen molar-refractivity contribution in [2.75, 3.05) is 14.1 Å². The van der Waals surface area contributed by atoms with Gasteiger partial charge in [0.25, 0.3) is 5.91 Å². The number of hydrogen-bond donors (Lipinski definition) is 0. The summed E-state index contributed by atoms with van der Waals surface area (Å²) in [6.45, 7) is 4.28. The van der Waals surface area contributed by atoms with E-state index >= 15 is 0 Å². The van der Waals surface area contributed by atoms with E-state index in [0.29, 0.717) is 11.6 Å². The first-order valence-corrected chi connectivity index (χ1v) is 5.18. The van der Waals surface area contributed by atoms with Gasteiger partial charge in [-0.25, -0.2) is 4.98 Å². The van der Waals surface area contributed by atoms with Crippen LogP contribution in [0.15, 0.2) is 18.2 Å². The third-order valence-corrected chi connectivity index (χ3v) is 2.05. The minimum atomic E-state index is -0.0411. The van der Waals surface area contributed by atoms with Crippen molar-refractivity contribution in [3.05, 3.63) is 29.6 Å². The highest BCUT2D eigenvalue weighted by molar-refractivity contribution is 5.91. The van der Waals surface area contributed by atoms with Crippen molar-refractivity contribution in [1.82, 2.24) is 9.88 Å². The Bertz CT molecular complexity index is 345. The van der Waals surface area contributed by atoms with Gasteiger partial charge in [-0.1, -0.05) is 19.9 Å². The summed E-state index contributed by atoms with van der Waals surface area (Å²) in [6.07, 6.45) is 0.911. The Hall–Kier alpha value is -1.38. The van der Waals surface area contributed by atoms with Gasteiger partial charge in [0.05, 0.1) is 0 Å². The fourth-order valence-electron chi connectivity index (χ4n) is 1.36.